The maximum Gasteiger partial charge on any atom is 0.326 e. The second-order valence-corrected chi connectivity index (χ2v) is 8.71. The van der Waals surface area contributed by atoms with Crippen LogP contribution in [0, 0.1) is 0 Å². The molecule has 0 saturated heterocycles. The lowest BCUT2D eigenvalue weighted by atomic mass is 10.0. The molecule has 4 unspecified atom stereocenters. The first-order valence-electron chi connectivity index (χ1n) is 12.1. The summed E-state index contributed by atoms with van der Waals surface area (Å²) in [4.78, 5) is 72.5. The van der Waals surface area contributed by atoms with E-state index in [4.69, 9.17) is 22.3 Å². The van der Waals surface area contributed by atoms with Crippen LogP contribution in [-0.2, 0) is 35.2 Å². The van der Waals surface area contributed by atoms with E-state index >= 15 is 0 Å². The Labute approximate surface area is 219 Å². The zero-order valence-electron chi connectivity index (χ0n) is 20.9. The summed E-state index contributed by atoms with van der Waals surface area (Å²) in [6, 6.07) is 3.30. The fourth-order valence-corrected chi connectivity index (χ4v) is 3.45. The van der Waals surface area contributed by atoms with Crippen molar-refractivity contribution in [3.63, 3.8) is 0 Å². The topological polar surface area (TPSA) is 257 Å². The van der Waals surface area contributed by atoms with Gasteiger partial charge >= 0.3 is 11.9 Å². The zero-order valence-corrected chi connectivity index (χ0v) is 20.9. The molecule has 1 rings (SSSR count). The predicted octanol–water partition coefficient (Wildman–Crippen LogP) is -2.04. The SMILES string of the molecule is NCCCCC(NC(=O)C(Cc1ccccc1)NC(=O)C(CC(N)=O)NC(=O)C(N)CCC(=O)O)C(=O)O. The van der Waals surface area contributed by atoms with Crippen molar-refractivity contribution >= 4 is 35.6 Å². The van der Waals surface area contributed by atoms with E-state index < -0.39 is 72.6 Å². The molecule has 14 heteroatoms. The van der Waals surface area contributed by atoms with Gasteiger partial charge in [-0.05, 0) is 37.8 Å². The third kappa shape index (κ3) is 12.3. The number of carbonyl (C=O) groups is 6. The van der Waals surface area contributed by atoms with Gasteiger partial charge in [0, 0.05) is 12.8 Å². The van der Waals surface area contributed by atoms with Gasteiger partial charge in [-0.3, -0.25) is 24.0 Å². The van der Waals surface area contributed by atoms with Gasteiger partial charge in [-0.1, -0.05) is 30.3 Å². The van der Waals surface area contributed by atoms with Gasteiger partial charge in [0.05, 0.1) is 12.5 Å². The number of carboxylic acid groups (broad SMARTS) is 2. The number of benzene rings is 1. The Morgan fingerprint density at radius 2 is 1.37 bits per heavy atom. The van der Waals surface area contributed by atoms with Crippen LogP contribution < -0.4 is 33.2 Å². The number of nitrogens with two attached hydrogens (primary N) is 3. The molecule has 0 spiro atoms. The number of carboxylic acids is 2. The van der Waals surface area contributed by atoms with E-state index in [-0.39, 0.29) is 19.3 Å². The van der Waals surface area contributed by atoms with Crippen molar-refractivity contribution in [2.75, 3.05) is 6.54 Å². The van der Waals surface area contributed by atoms with Gasteiger partial charge in [0.1, 0.15) is 18.1 Å². The standard InChI is InChI=1S/C24H36N6O8/c25-11-5-4-8-16(24(37)38)28-22(35)17(12-14-6-2-1-3-7-14)30-23(36)18(13-19(27)31)29-21(34)15(26)9-10-20(32)33/h1-3,6-7,15-18H,4-5,8-13,25-26H2,(H2,27,31)(H,28,35)(H,29,34)(H,30,36)(H,32,33)(H,37,38). The van der Waals surface area contributed by atoms with Crippen LogP contribution in [0.25, 0.3) is 0 Å². The highest BCUT2D eigenvalue weighted by atomic mass is 16.4. The maximum absolute atomic E-state index is 13.1. The monoisotopic (exact) mass is 536 g/mol. The molecule has 0 aliphatic carbocycles. The average molecular weight is 537 g/mol. The van der Waals surface area contributed by atoms with Gasteiger partial charge in [-0.25, -0.2) is 4.79 Å². The van der Waals surface area contributed by atoms with Crippen molar-refractivity contribution in [1.82, 2.24) is 16.0 Å². The molecule has 0 radical (unpaired) electrons. The van der Waals surface area contributed by atoms with Crippen LogP contribution in [-0.4, -0.2) is 76.5 Å². The first-order valence-corrected chi connectivity index (χ1v) is 12.1. The second kappa shape index (κ2) is 16.7. The molecule has 1 aromatic carbocycles. The second-order valence-electron chi connectivity index (χ2n) is 8.71. The summed E-state index contributed by atoms with van der Waals surface area (Å²) in [5.41, 5.74) is 17.0. The van der Waals surface area contributed by atoms with Crippen molar-refractivity contribution in [2.45, 2.75) is 69.1 Å². The molecule has 0 aliphatic rings. The lowest BCUT2D eigenvalue weighted by Crippen LogP contribution is -2.58. The number of aliphatic carboxylic acids is 2. The van der Waals surface area contributed by atoms with Gasteiger partial charge in [0.2, 0.25) is 23.6 Å². The molecule has 14 nitrogen and oxygen atoms in total. The van der Waals surface area contributed by atoms with E-state index in [2.05, 4.69) is 16.0 Å². The molecule has 1 aromatic rings. The number of unbranched alkanes of at least 4 members (excludes halogenated alkanes) is 1. The van der Waals surface area contributed by atoms with Crippen molar-refractivity contribution < 1.29 is 39.0 Å². The molecule has 4 atom stereocenters. The van der Waals surface area contributed by atoms with Crippen molar-refractivity contribution in [3.8, 4) is 0 Å². The summed E-state index contributed by atoms with van der Waals surface area (Å²) in [6.07, 6.45) is -0.116. The van der Waals surface area contributed by atoms with Crippen LogP contribution in [0.15, 0.2) is 30.3 Å². The van der Waals surface area contributed by atoms with Gasteiger partial charge < -0.3 is 43.4 Å². The Balaban J connectivity index is 3.08. The van der Waals surface area contributed by atoms with Crippen molar-refractivity contribution in [3.05, 3.63) is 35.9 Å². The van der Waals surface area contributed by atoms with E-state index in [0.29, 0.717) is 24.9 Å². The molecular formula is C24H36N6O8. The summed E-state index contributed by atoms with van der Waals surface area (Å²) in [5.74, 6) is -5.97. The van der Waals surface area contributed by atoms with E-state index in [9.17, 15) is 33.9 Å². The Kier molecular flexibility index (Phi) is 14.0. The fourth-order valence-electron chi connectivity index (χ4n) is 3.45. The molecule has 210 valence electrons. The Hall–Kier alpha value is -4.04. The number of primary amides is 1. The van der Waals surface area contributed by atoms with E-state index in [0.717, 1.165) is 0 Å². The molecule has 11 N–H and O–H groups in total. The summed E-state index contributed by atoms with van der Waals surface area (Å²) in [5, 5.41) is 25.4. The average Bonchev–Trinajstić information content (AvgIpc) is 2.85. The summed E-state index contributed by atoms with van der Waals surface area (Å²) in [7, 11) is 0. The molecule has 4 amide bonds. The van der Waals surface area contributed by atoms with Crippen LogP contribution in [0.5, 0.6) is 0 Å². The molecule has 0 aliphatic heterocycles. The van der Waals surface area contributed by atoms with Crippen molar-refractivity contribution in [1.29, 1.82) is 0 Å². The first kappa shape index (κ1) is 32.0. The van der Waals surface area contributed by atoms with Crippen LogP contribution >= 0.6 is 0 Å². The minimum Gasteiger partial charge on any atom is -0.481 e. The summed E-state index contributed by atoms with van der Waals surface area (Å²) >= 11 is 0. The van der Waals surface area contributed by atoms with E-state index in [1.165, 1.54) is 0 Å². The minimum absolute atomic E-state index is 0.0249. The van der Waals surface area contributed by atoms with Gasteiger partial charge in [0.15, 0.2) is 0 Å². The van der Waals surface area contributed by atoms with Crippen molar-refractivity contribution in [2.24, 2.45) is 17.2 Å². The van der Waals surface area contributed by atoms with Crippen LogP contribution in [0.2, 0.25) is 0 Å². The normalized spacial score (nSPS) is 13.8. The van der Waals surface area contributed by atoms with Crippen LogP contribution in [0.1, 0.15) is 44.1 Å². The lowest BCUT2D eigenvalue weighted by Gasteiger charge is -2.25. The number of nitrogens with one attached hydrogen (secondary N) is 3. The van der Waals surface area contributed by atoms with Gasteiger partial charge in [-0.2, -0.15) is 0 Å². The maximum atomic E-state index is 13.1. The van der Waals surface area contributed by atoms with Crippen LogP contribution in [0.3, 0.4) is 0 Å². The van der Waals surface area contributed by atoms with E-state index in [1.807, 2.05) is 0 Å². The number of hydrogen-bond acceptors (Lipinski definition) is 8. The smallest absolute Gasteiger partial charge is 0.326 e. The molecule has 38 heavy (non-hydrogen) atoms. The Morgan fingerprint density at radius 1 is 0.789 bits per heavy atom. The van der Waals surface area contributed by atoms with E-state index in [1.54, 1.807) is 30.3 Å². The molecule has 0 fully saturated rings. The quantitative estimate of drug-likeness (QED) is 0.0953. The summed E-state index contributed by atoms with van der Waals surface area (Å²) in [6.45, 7) is 0.361. The molecule has 0 heterocycles. The third-order valence-electron chi connectivity index (χ3n) is 5.52. The van der Waals surface area contributed by atoms with Gasteiger partial charge in [-0.15, -0.1) is 0 Å². The molecular weight excluding hydrogens is 500 g/mol. The number of rotatable bonds is 18. The van der Waals surface area contributed by atoms with Gasteiger partial charge in [0.25, 0.3) is 0 Å². The highest BCUT2D eigenvalue weighted by Gasteiger charge is 2.31. The zero-order chi connectivity index (χ0) is 28.7. The highest BCUT2D eigenvalue weighted by Crippen LogP contribution is 2.07. The highest BCUT2D eigenvalue weighted by molar-refractivity contribution is 5.96. The lowest BCUT2D eigenvalue weighted by molar-refractivity contribution is -0.142. The number of amides is 4. The predicted molar refractivity (Wildman–Crippen MR) is 135 cm³/mol. The molecule has 0 saturated carbocycles. The number of hydrogen-bond donors (Lipinski definition) is 8. The minimum atomic E-state index is -1.51. The fraction of sp³-hybridized carbons (Fsp3) is 0.500. The van der Waals surface area contributed by atoms with Crippen LogP contribution in [0.4, 0.5) is 0 Å². The molecule has 0 bridgehead atoms. The largest absolute Gasteiger partial charge is 0.481 e. The molecule has 0 aromatic heterocycles. The Morgan fingerprint density at radius 3 is 1.92 bits per heavy atom. The summed E-state index contributed by atoms with van der Waals surface area (Å²) < 4.78 is 0. The number of carbonyl (C=O) groups excluding carboxylic acids is 4. The Bertz CT molecular complexity index is 974. The third-order valence-corrected chi connectivity index (χ3v) is 5.52. The first-order chi connectivity index (χ1) is 17.9.